The minimum absolute atomic E-state index is 0.129. The van der Waals surface area contributed by atoms with Gasteiger partial charge >= 0.3 is 0 Å². The summed E-state index contributed by atoms with van der Waals surface area (Å²) in [5.41, 5.74) is 1.22. The van der Waals surface area contributed by atoms with Gasteiger partial charge in [0.2, 0.25) is 5.91 Å². The zero-order valence-corrected chi connectivity index (χ0v) is 11.8. The molecule has 1 saturated heterocycles. The Balaban J connectivity index is 1.39. The van der Waals surface area contributed by atoms with Crippen molar-refractivity contribution in [2.75, 3.05) is 32.8 Å². The summed E-state index contributed by atoms with van der Waals surface area (Å²) in [6.07, 6.45) is 4.98. The zero-order valence-electron chi connectivity index (χ0n) is 11.8. The molecule has 0 unspecified atom stereocenters. The first-order chi connectivity index (χ1) is 9.84. The van der Waals surface area contributed by atoms with Gasteiger partial charge < -0.3 is 15.0 Å². The first-order valence-electron chi connectivity index (χ1n) is 7.43. The van der Waals surface area contributed by atoms with Crippen molar-refractivity contribution in [1.29, 1.82) is 0 Å². The lowest BCUT2D eigenvalue weighted by molar-refractivity contribution is -0.135. The second kappa shape index (κ2) is 6.37. The highest BCUT2D eigenvalue weighted by atomic mass is 16.5. The molecule has 3 heterocycles. The Hall–Kier alpha value is -1.40. The number of likely N-dealkylation sites (tertiary alicyclic amines) is 1. The molecule has 1 atom stereocenters. The number of hydrogen-bond donors (Lipinski definition) is 1. The normalized spacial score (nSPS) is 22.0. The van der Waals surface area contributed by atoms with Crippen LogP contribution >= 0.6 is 0 Å². The summed E-state index contributed by atoms with van der Waals surface area (Å²) in [5.74, 6) is 0.129. The molecule has 0 aliphatic carbocycles. The summed E-state index contributed by atoms with van der Waals surface area (Å²) in [6, 6.07) is 2.37. The number of rotatable bonds is 5. The molecule has 20 heavy (non-hydrogen) atoms. The molecular formula is C14H22N4O2. The first-order valence-corrected chi connectivity index (χ1v) is 7.43. The van der Waals surface area contributed by atoms with E-state index < -0.39 is 0 Å². The summed E-state index contributed by atoms with van der Waals surface area (Å²) in [4.78, 5) is 13.7. The van der Waals surface area contributed by atoms with Crippen molar-refractivity contribution < 1.29 is 9.53 Å². The van der Waals surface area contributed by atoms with E-state index in [0.29, 0.717) is 12.6 Å². The Morgan fingerprint density at radius 3 is 3.15 bits per heavy atom. The van der Waals surface area contributed by atoms with Crippen LogP contribution in [0, 0.1) is 0 Å². The van der Waals surface area contributed by atoms with Crippen molar-refractivity contribution in [2.24, 2.45) is 0 Å². The third-order valence-corrected chi connectivity index (χ3v) is 4.06. The van der Waals surface area contributed by atoms with E-state index in [-0.39, 0.29) is 12.5 Å². The second-order valence-electron chi connectivity index (χ2n) is 5.48. The molecule has 1 fully saturated rings. The van der Waals surface area contributed by atoms with Crippen molar-refractivity contribution in [3.05, 3.63) is 18.0 Å². The summed E-state index contributed by atoms with van der Waals surface area (Å²) in [7, 11) is 0. The number of nitrogens with one attached hydrogen (secondary N) is 1. The van der Waals surface area contributed by atoms with Crippen LogP contribution < -0.4 is 5.32 Å². The van der Waals surface area contributed by atoms with Gasteiger partial charge in [-0.1, -0.05) is 0 Å². The number of fused-ring (bicyclic) bond motifs is 1. The largest absolute Gasteiger partial charge is 0.372 e. The summed E-state index contributed by atoms with van der Waals surface area (Å²) in [6.45, 7) is 4.40. The molecule has 2 aliphatic heterocycles. The van der Waals surface area contributed by atoms with Crippen LogP contribution in [0.3, 0.4) is 0 Å². The van der Waals surface area contributed by atoms with Crippen LogP contribution in [0.1, 0.15) is 31.0 Å². The van der Waals surface area contributed by atoms with Gasteiger partial charge in [0.25, 0.3) is 0 Å². The molecule has 1 N–H and O–H groups in total. The predicted molar refractivity (Wildman–Crippen MR) is 74.2 cm³/mol. The van der Waals surface area contributed by atoms with Crippen molar-refractivity contribution in [1.82, 2.24) is 20.0 Å². The first kappa shape index (κ1) is 13.6. The number of aromatic nitrogens is 2. The maximum atomic E-state index is 11.8. The highest BCUT2D eigenvalue weighted by molar-refractivity contribution is 5.77. The minimum Gasteiger partial charge on any atom is -0.372 e. The van der Waals surface area contributed by atoms with Gasteiger partial charge in [-0.2, -0.15) is 5.10 Å². The van der Waals surface area contributed by atoms with Gasteiger partial charge in [-0.05, 0) is 25.3 Å². The van der Waals surface area contributed by atoms with Crippen molar-refractivity contribution in [2.45, 2.75) is 31.8 Å². The van der Waals surface area contributed by atoms with Crippen LogP contribution in [-0.4, -0.2) is 53.4 Å². The highest BCUT2D eigenvalue weighted by Crippen LogP contribution is 2.17. The van der Waals surface area contributed by atoms with Gasteiger partial charge in [0.1, 0.15) is 6.61 Å². The third kappa shape index (κ3) is 3.02. The molecule has 0 radical (unpaired) electrons. The number of nitrogens with zero attached hydrogens (tertiary/aromatic N) is 3. The van der Waals surface area contributed by atoms with Gasteiger partial charge in [-0.3, -0.25) is 9.48 Å². The Bertz CT molecular complexity index is 454. The zero-order chi connectivity index (χ0) is 13.8. The van der Waals surface area contributed by atoms with Crippen molar-refractivity contribution in [3.8, 4) is 0 Å². The van der Waals surface area contributed by atoms with Gasteiger partial charge in [0, 0.05) is 39.0 Å². The lowest BCUT2D eigenvalue weighted by Crippen LogP contribution is -2.34. The lowest BCUT2D eigenvalue weighted by Gasteiger charge is -2.25. The average Bonchev–Trinajstić information content (AvgIpc) is 3.13. The molecule has 3 rings (SSSR count). The molecule has 0 spiro atoms. The van der Waals surface area contributed by atoms with Gasteiger partial charge in [-0.15, -0.1) is 0 Å². The van der Waals surface area contributed by atoms with Crippen LogP contribution in [0.2, 0.25) is 0 Å². The molecule has 0 bridgehead atoms. The van der Waals surface area contributed by atoms with E-state index in [9.17, 15) is 4.79 Å². The number of hydrogen-bond acceptors (Lipinski definition) is 4. The monoisotopic (exact) mass is 278 g/mol. The molecule has 0 aromatic carbocycles. The van der Waals surface area contributed by atoms with Crippen LogP contribution in [0.25, 0.3) is 0 Å². The predicted octanol–water partition coefficient (Wildman–Crippen LogP) is 0.556. The Morgan fingerprint density at radius 2 is 2.30 bits per heavy atom. The van der Waals surface area contributed by atoms with Crippen LogP contribution in [0.15, 0.2) is 12.3 Å². The lowest BCUT2D eigenvalue weighted by atomic mass is 10.1. The van der Waals surface area contributed by atoms with Gasteiger partial charge in [-0.25, -0.2) is 0 Å². The van der Waals surface area contributed by atoms with E-state index in [1.165, 1.54) is 5.69 Å². The van der Waals surface area contributed by atoms with Gasteiger partial charge in [0.15, 0.2) is 0 Å². The fourth-order valence-electron chi connectivity index (χ4n) is 2.92. The number of amides is 1. The van der Waals surface area contributed by atoms with E-state index in [1.807, 2.05) is 17.2 Å². The fraction of sp³-hybridized carbons (Fsp3) is 0.714. The minimum atomic E-state index is 0.129. The van der Waals surface area contributed by atoms with E-state index in [1.54, 1.807) is 0 Å². The van der Waals surface area contributed by atoms with E-state index in [4.69, 9.17) is 4.74 Å². The molecule has 6 heteroatoms. The summed E-state index contributed by atoms with van der Waals surface area (Å²) >= 11 is 0. The van der Waals surface area contributed by atoms with E-state index >= 15 is 0 Å². The molecule has 1 amide bonds. The molecule has 6 nitrogen and oxygen atoms in total. The van der Waals surface area contributed by atoms with E-state index in [2.05, 4.69) is 15.1 Å². The fourth-order valence-corrected chi connectivity index (χ4v) is 2.92. The number of carbonyl (C=O) groups excluding carboxylic acids is 1. The maximum Gasteiger partial charge on any atom is 0.248 e. The number of ether oxygens (including phenoxy) is 1. The van der Waals surface area contributed by atoms with Crippen LogP contribution in [0.4, 0.5) is 0 Å². The third-order valence-electron chi connectivity index (χ3n) is 4.06. The van der Waals surface area contributed by atoms with E-state index in [0.717, 1.165) is 45.4 Å². The summed E-state index contributed by atoms with van der Waals surface area (Å²) < 4.78 is 7.61. The second-order valence-corrected chi connectivity index (χ2v) is 5.48. The van der Waals surface area contributed by atoms with Gasteiger partial charge in [0.05, 0.1) is 11.7 Å². The van der Waals surface area contributed by atoms with Crippen molar-refractivity contribution in [3.63, 3.8) is 0 Å². The molecular weight excluding hydrogens is 256 g/mol. The molecule has 110 valence electrons. The Labute approximate surface area is 119 Å². The molecule has 0 saturated carbocycles. The summed E-state index contributed by atoms with van der Waals surface area (Å²) in [5, 5.41) is 7.74. The topological polar surface area (TPSA) is 59.4 Å². The van der Waals surface area contributed by atoms with Crippen molar-refractivity contribution >= 4 is 5.91 Å². The maximum absolute atomic E-state index is 11.8. The molecule has 2 aliphatic rings. The Kier molecular flexibility index (Phi) is 4.32. The Morgan fingerprint density at radius 1 is 1.45 bits per heavy atom. The molecule has 1 aromatic heterocycles. The highest BCUT2D eigenvalue weighted by Gasteiger charge is 2.20. The molecule has 1 aromatic rings. The standard InChI is InChI=1S/C14H22N4O2/c19-14(17-6-1-2-7-17)11-20-8-4-13-10-15-9-12-3-5-16-18(12)13/h3,5,13,15H,1-2,4,6-11H2/t13-/m0/s1. The smallest absolute Gasteiger partial charge is 0.248 e. The SMILES string of the molecule is O=C(COCC[C@H]1CNCc2ccnn21)N1CCCC1. The number of carbonyl (C=O) groups is 1. The average molecular weight is 278 g/mol. The quantitative estimate of drug-likeness (QED) is 0.799. The van der Waals surface area contributed by atoms with Crippen LogP contribution in [0.5, 0.6) is 0 Å². The van der Waals surface area contributed by atoms with Crippen LogP contribution in [-0.2, 0) is 16.1 Å².